The summed E-state index contributed by atoms with van der Waals surface area (Å²) in [5.74, 6) is 3.45. The first-order valence-electron chi connectivity index (χ1n) is 7.48. The number of hydrogen-bond acceptors (Lipinski definition) is 4. The summed E-state index contributed by atoms with van der Waals surface area (Å²) in [5, 5.41) is 4.16. The summed E-state index contributed by atoms with van der Waals surface area (Å²) in [5.41, 5.74) is 4.38. The van der Waals surface area contributed by atoms with E-state index in [2.05, 4.69) is 36.3 Å². The molecule has 0 bridgehead atoms. The molecule has 3 nitrogen and oxygen atoms in total. The van der Waals surface area contributed by atoms with E-state index < -0.39 is 0 Å². The van der Waals surface area contributed by atoms with Crippen molar-refractivity contribution >= 4 is 11.8 Å². The van der Waals surface area contributed by atoms with Crippen LogP contribution in [-0.2, 0) is 11.5 Å². The minimum Gasteiger partial charge on any atom is -0.496 e. The standard InChI is InChI=1S/C19H19NO2S/c1-14-7-9-15(10-8-14)12-23-13-16-11-18(20-22-16)17-5-3-4-6-19(17)21-2/h3-11H,12-13H2,1-2H3. The molecule has 4 heteroatoms. The van der Waals surface area contributed by atoms with Crippen molar-refractivity contribution in [1.82, 2.24) is 5.16 Å². The van der Waals surface area contributed by atoms with Gasteiger partial charge in [0.05, 0.1) is 12.9 Å². The van der Waals surface area contributed by atoms with Gasteiger partial charge in [-0.2, -0.15) is 0 Å². The summed E-state index contributed by atoms with van der Waals surface area (Å²) in [6.07, 6.45) is 0. The summed E-state index contributed by atoms with van der Waals surface area (Å²) >= 11 is 1.82. The molecule has 2 aromatic carbocycles. The van der Waals surface area contributed by atoms with E-state index in [9.17, 15) is 0 Å². The van der Waals surface area contributed by atoms with Crippen molar-refractivity contribution in [3.05, 3.63) is 71.5 Å². The van der Waals surface area contributed by atoms with Gasteiger partial charge in [-0.15, -0.1) is 11.8 Å². The highest BCUT2D eigenvalue weighted by Gasteiger charge is 2.11. The molecule has 0 aliphatic rings. The number of methoxy groups -OCH3 is 1. The number of nitrogens with zero attached hydrogens (tertiary/aromatic N) is 1. The van der Waals surface area contributed by atoms with Crippen molar-refractivity contribution in [2.75, 3.05) is 7.11 Å². The van der Waals surface area contributed by atoms with Gasteiger partial charge in [0, 0.05) is 17.4 Å². The van der Waals surface area contributed by atoms with Crippen molar-refractivity contribution in [3.8, 4) is 17.0 Å². The number of ether oxygens (including phenoxy) is 1. The second-order valence-electron chi connectivity index (χ2n) is 5.36. The molecule has 0 unspecified atom stereocenters. The van der Waals surface area contributed by atoms with Crippen molar-refractivity contribution in [2.45, 2.75) is 18.4 Å². The number of benzene rings is 2. The first-order valence-corrected chi connectivity index (χ1v) is 8.64. The average Bonchev–Trinajstić information content (AvgIpc) is 3.05. The molecular formula is C19H19NO2S. The Bertz CT molecular complexity index is 765. The van der Waals surface area contributed by atoms with E-state index in [0.717, 1.165) is 34.3 Å². The van der Waals surface area contributed by atoms with Crippen LogP contribution in [0.1, 0.15) is 16.9 Å². The van der Waals surface area contributed by atoms with Gasteiger partial charge in [0.15, 0.2) is 0 Å². The number of hydrogen-bond donors (Lipinski definition) is 0. The van der Waals surface area contributed by atoms with E-state index in [1.165, 1.54) is 11.1 Å². The van der Waals surface area contributed by atoms with E-state index in [4.69, 9.17) is 9.26 Å². The second-order valence-corrected chi connectivity index (χ2v) is 6.34. The van der Waals surface area contributed by atoms with Crippen molar-refractivity contribution in [2.24, 2.45) is 0 Å². The zero-order valence-electron chi connectivity index (χ0n) is 13.3. The van der Waals surface area contributed by atoms with Crippen LogP contribution in [0.3, 0.4) is 0 Å². The molecule has 0 spiro atoms. The number of rotatable bonds is 6. The van der Waals surface area contributed by atoms with Crippen LogP contribution < -0.4 is 4.74 Å². The monoisotopic (exact) mass is 325 g/mol. The predicted molar refractivity (Wildman–Crippen MR) is 94.7 cm³/mol. The third-order valence-corrected chi connectivity index (χ3v) is 4.60. The fraction of sp³-hybridized carbons (Fsp3) is 0.211. The van der Waals surface area contributed by atoms with Gasteiger partial charge in [0.25, 0.3) is 0 Å². The third kappa shape index (κ3) is 3.96. The predicted octanol–water partition coefficient (Wildman–Crippen LogP) is 5.09. The number of aryl methyl sites for hydroxylation is 1. The van der Waals surface area contributed by atoms with Crippen LogP contribution in [0, 0.1) is 6.92 Å². The van der Waals surface area contributed by atoms with Gasteiger partial charge in [-0.05, 0) is 24.6 Å². The van der Waals surface area contributed by atoms with Gasteiger partial charge < -0.3 is 9.26 Å². The first-order chi connectivity index (χ1) is 11.3. The Morgan fingerprint density at radius 2 is 1.83 bits per heavy atom. The van der Waals surface area contributed by atoms with Gasteiger partial charge in [0.2, 0.25) is 0 Å². The summed E-state index contributed by atoms with van der Waals surface area (Å²) in [6.45, 7) is 2.10. The highest BCUT2D eigenvalue weighted by atomic mass is 32.2. The molecule has 1 heterocycles. The normalized spacial score (nSPS) is 10.7. The largest absolute Gasteiger partial charge is 0.496 e. The van der Waals surface area contributed by atoms with E-state index in [1.807, 2.05) is 42.1 Å². The summed E-state index contributed by atoms with van der Waals surface area (Å²) in [6, 6.07) is 18.4. The molecule has 23 heavy (non-hydrogen) atoms. The molecule has 0 saturated heterocycles. The highest BCUT2D eigenvalue weighted by Crippen LogP contribution is 2.30. The molecule has 0 N–H and O–H groups in total. The van der Waals surface area contributed by atoms with Crippen LogP contribution in [0.2, 0.25) is 0 Å². The molecule has 0 aliphatic carbocycles. The highest BCUT2D eigenvalue weighted by molar-refractivity contribution is 7.97. The van der Waals surface area contributed by atoms with E-state index in [0.29, 0.717) is 0 Å². The molecule has 0 aliphatic heterocycles. The Balaban J connectivity index is 1.62. The van der Waals surface area contributed by atoms with E-state index >= 15 is 0 Å². The topological polar surface area (TPSA) is 35.3 Å². The molecule has 0 radical (unpaired) electrons. The van der Waals surface area contributed by atoms with E-state index in [1.54, 1.807) is 7.11 Å². The minimum atomic E-state index is 0.802. The molecule has 1 aromatic heterocycles. The molecule has 3 rings (SSSR count). The lowest BCUT2D eigenvalue weighted by molar-refractivity contribution is 0.395. The maximum Gasteiger partial charge on any atom is 0.147 e. The smallest absolute Gasteiger partial charge is 0.147 e. The Hall–Kier alpha value is -2.20. The molecule has 0 atom stereocenters. The molecule has 0 saturated carbocycles. The minimum absolute atomic E-state index is 0.802. The first kappa shape index (κ1) is 15.7. The van der Waals surface area contributed by atoms with Crippen LogP contribution in [0.15, 0.2) is 59.1 Å². The lowest BCUT2D eigenvalue weighted by Gasteiger charge is -2.03. The van der Waals surface area contributed by atoms with Crippen LogP contribution in [0.5, 0.6) is 5.75 Å². The van der Waals surface area contributed by atoms with Crippen LogP contribution in [0.25, 0.3) is 11.3 Å². The van der Waals surface area contributed by atoms with Gasteiger partial charge in [0.1, 0.15) is 17.2 Å². The zero-order chi connectivity index (χ0) is 16.1. The maximum absolute atomic E-state index is 5.45. The second kappa shape index (κ2) is 7.38. The molecular weight excluding hydrogens is 306 g/mol. The number of para-hydroxylation sites is 1. The summed E-state index contributed by atoms with van der Waals surface area (Å²) in [4.78, 5) is 0. The van der Waals surface area contributed by atoms with Crippen LogP contribution in [-0.4, -0.2) is 12.3 Å². The summed E-state index contributed by atoms with van der Waals surface area (Å²) in [7, 11) is 1.66. The SMILES string of the molecule is COc1ccccc1-c1cc(CSCc2ccc(C)cc2)on1. The quantitative estimate of drug-likeness (QED) is 0.632. The zero-order valence-corrected chi connectivity index (χ0v) is 14.1. The Labute approximate surface area is 140 Å². The average molecular weight is 325 g/mol. The van der Waals surface area contributed by atoms with Gasteiger partial charge in [-0.25, -0.2) is 0 Å². The Morgan fingerprint density at radius 3 is 2.61 bits per heavy atom. The van der Waals surface area contributed by atoms with Crippen molar-refractivity contribution in [3.63, 3.8) is 0 Å². The Morgan fingerprint density at radius 1 is 1.04 bits per heavy atom. The molecule has 118 valence electrons. The lowest BCUT2D eigenvalue weighted by atomic mass is 10.1. The number of thioether (sulfide) groups is 1. The van der Waals surface area contributed by atoms with Crippen LogP contribution in [0.4, 0.5) is 0 Å². The van der Waals surface area contributed by atoms with Gasteiger partial charge >= 0.3 is 0 Å². The fourth-order valence-corrected chi connectivity index (χ4v) is 3.19. The van der Waals surface area contributed by atoms with Gasteiger partial charge in [-0.1, -0.05) is 47.1 Å². The number of aromatic nitrogens is 1. The van der Waals surface area contributed by atoms with Crippen LogP contribution >= 0.6 is 11.8 Å². The summed E-state index contributed by atoms with van der Waals surface area (Å²) < 4.78 is 10.8. The fourth-order valence-electron chi connectivity index (χ4n) is 2.32. The molecule has 0 fully saturated rings. The van der Waals surface area contributed by atoms with E-state index in [-0.39, 0.29) is 0 Å². The Kier molecular flexibility index (Phi) is 5.03. The molecule has 3 aromatic rings. The lowest BCUT2D eigenvalue weighted by Crippen LogP contribution is -1.86. The van der Waals surface area contributed by atoms with Crippen molar-refractivity contribution in [1.29, 1.82) is 0 Å². The van der Waals surface area contributed by atoms with Crippen molar-refractivity contribution < 1.29 is 9.26 Å². The molecule has 0 amide bonds. The maximum atomic E-state index is 5.45. The van der Waals surface area contributed by atoms with Gasteiger partial charge in [-0.3, -0.25) is 0 Å². The third-order valence-electron chi connectivity index (χ3n) is 3.58.